The highest BCUT2D eigenvalue weighted by molar-refractivity contribution is 6.29. The molecule has 5 nitrogen and oxygen atoms in total. The van der Waals surface area contributed by atoms with Crippen molar-refractivity contribution in [2.75, 3.05) is 0 Å². The van der Waals surface area contributed by atoms with E-state index in [0.29, 0.717) is 5.56 Å². The van der Waals surface area contributed by atoms with Crippen molar-refractivity contribution in [3.05, 3.63) is 63.2 Å². The standard InChI is InChI=1S/C13H8ClF3N4O/c14-10-4-5-11-19-20(12(22)21(11)18-10)7-8-2-1-3-9(6-8)13(15,16)17/h1-6H,7H2. The lowest BCUT2D eigenvalue weighted by Gasteiger charge is -2.08. The van der Waals surface area contributed by atoms with Crippen LogP contribution in [-0.2, 0) is 12.7 Å². The van der Waals surface area contributed by atoms with Gasteiger partial charge in [-0.1, -0.05) is 23.7 Å². The number of hydrogen-bond donors (Lipinski definition) is 0. The molecular formula is C13H8ClF3N4O. The molecule has 114 valence electrons. The van der Waals surface area contributed by atoms with Crippen molar-refractivity contribution >= 4 is 17.2 Å². The SMILES string of the molecule is O=c1n(Cc2cccc(C(F)(F)F)c2)nc2ccc(Cl)nn12. The third-order valence-electron chi connectivity index (χ3n) is 2.99. The molecule has 22 heavy (non-hydrogen) atoms. The average molecular weight is 329 g/mol. The molecule has 3 aromatic rings. The molecule has 0 N–H and O–H groups in total. The highest BCUT2D eigenvalue weighted by Gasteiger charge is 2.30. The van der Waals surface area contributed by atoms with Crippen LogP contribution >= 0.6 is 11.6 Å². The number of fused-ring (bicyclic) bond motifs is 1. The first-order chi connectivity index (χ1) is 10.3. The Morgan fingerprint density at radius 2 is 1.91 bits per heavy atom. The van der Waals surface area contributed by atoms with Crippen LogP contribution in [0.5, 0.6) is 0 Å². The Morgan fingerprint density at radius 1 is 1.14 bits per heavy atom. The molecule has 0 fully saturated rings. The van der Waals surface area contributed by atoms with Gasteiger partial charge in [0.2, 0.25) is 0 Å². The fourth-order valence-corrected chi connectivity index (χ4v) is 2.15. The Balaban J connectivity index is 2.00. The molecule has 0 atom stereocenters. The number of nitrogens with zero attached hydrogens (tertiary/aromatic N) is 4. The number of halogens is 4. The summed E-state index contributed by atoms with van der Waals surface area (Å²) >= 11 is 5.70. The Bertz CT molecular complexity index is 900. The minimum atomic E-state index is -4.44. The van der Waals surface area contributed by atoms with Gasteiger partial charge in [-0.05, 0) is 29.8 Å². The van der Waals surface area contributed by atoms with E-state index in [1.165, 1.54) is 24.3 Å². The van der Waals surface area contributed by atoms with Crippen LogP contribution in [0.3, 0.4) is 0 Å². The summed E-state index contributed by atoms with van der Waals surface area (Å²) in [6.45, 7) is -0.0935. The molecule has 1 aromatic carbocycles. The molecule has 2 aromatic heterocycles. The molecule has 0 unspecified atom stereocenters. The van der Waals surface area contributed by atoms with Crippen LogP contribution in [0.1, 0.15) is 11.1 Å². The molecule has 0 saturated heterocycles. The molecule has 0 spiro atoms. The number of hydrogen-bond acceptors (Lipinski definition) is 3. The lowest BCUT2D eigenvalue weighted by atomic mass is 10.1. The fraction of sp³-hybridized carbons (Fsp3) is 0.154. The van der Waals surface area contributed by atoms with Crippen LogP contribution in [0.15, 0.2) is 41.2 Å². The first-order valence-corrected chi connectivity index (χ1v) is 6.51. The summed E-state index contributed by atoms with van der Waals surface area (Å²) in [5.74, 6) is 0. The Morgan fingerprint density at radius 3 is 2.64 bits per heavy atom. The topological polar surface area (TPSA) is 52.2 Å². The van der Waals surface area contributed by atoms with Crippen molar-refractivity contribution in [3.63, 3.8) is 0 Å². The van der Waals surface area contributed by atoms with Crippen LogP contribution in [0.25, 0.3) is 5.65 Å². The van der Waals surface area contributed by atoms with Crippen LogP contribution in [0.2, 0.25) is 5.15 Å². The lowest BCUT2D eigenvalue weighted by molar-refractivity contribution is -0.137. The van der Waals surface area contributed by atoms with E-state index in [9.17, 15) is 18.0 Å². The van der Waals surface area contributed by atoms with Crippen molar-refractivity contribution in [2.24, 2.45) is 0 Å². The second-order valence-corrected chi connectivity index (χ2v) is 4.95. The number of benzene rings is 1. The van der Waals surface area contributed by atoms with Crippen LogP contribution < -0.4 is 5.69 Å². The minimum absolute atomic E-state index is 0.0935. The van der Waals surface area contributed by atoms with E-state index < -0.39 is 17.4 Å². The Kier molecular flexibility index (Phi) is 3.40. The normalized spacial score (nSPS) is 12.0. The summed E-state index contributed by atoms with van der Waals surface area (Å²) in [4.78, 5) is 12.1. The quantitative estimate of drug-likeness (QED) is 0.726. The summed E-state index contributed by atoms with van der Waals surface area (Å²) in [7, 11) is 0. The van der Waals surface area contributed by atoms with Crippen molar-refractivity contribution in [1.82, 2.24) is 19.4 Å². The van der Waals surface area contributed by atoms with Gasteiger partial charge in [-0.2, -0.15) is 17.7 Å². The zero-order valence-corrected chi connectivity index (χ0v) is 11.6. The molecule has 9 heteroatoms. The maximum atomic E-state index is 12.7. The summed E-state index contributed by atoms with van der Waals surface area (Å²) in [5, 5.41) is 7.92. The smallest absolute Gasteiger partial charge is 0.244 e. The van der Waals surface area contributed by atoms with Gasteiger partial charge >= 0.3 is 11.9 Å². The third-order valence-corrected chi connectivity index (χ3v) is 3.20. The number of alkyl halides is 3. The molecule has 0 saturated carbocycles. The van der Waals surface area contributed by atoms with Crippen molar-refractivity contribution < 1.29 is 13.2 Å². The van der Waals surface area contributed by atoms with Gasteiger partial charge < -0.3 is 0 Å². The molecule has 0 aliphatic carbocycles. The van der Waals surface area contributed by atoms with Crippen molar-refractivity contribution in [2.45, 2.75) is 12.7 Å². The molecule has 2 heterocycles. The van der Waals surface area contributed by atoms with E-state index in [0.717, 1.165) is 21.3 Å². The predicted molar refractivity (Wildman–Crippen MR) is 72.8 cm³/mol. The average Bonchev–Trinajstić information content (AvgIpc) is 2.75. The molecule has 0 radical (unpaired) electrons. The fourth-order valence-electron chi connectivity index (χ4n) is 2.01. The van der Waals surface area contributed by atoms with E-state index in [1.807, 2.05) is 0 Å². The van der Waals surface area contributed by atoms with E-state index in [2.05, 4.69) is 10.2 Å². The summed E-state index contributed by atoms with van der Waals surface area (Å²) < 4.78 is 40.1. The predicted octanol–water partition coefficient (Wildman–Crippen LogP) is 2.61. The maximum absolute atomic E-state index is 12.7. The monoisotopic (exact) mass is 328 g/mol. The van der Waals surface area contributed by atoms with Crippen LogP contribution in [0, 0.1) is 0 Å². The third kappa shape index (κ3) is 2.69. The Labute approximate surface area is 126 Å². The van der Waals surface area contributed by atoms with Gasteiger partial charge in [0.05, 0.1) is 12.1 Å². The first-order valence-electron chi connectivity index (χ1n) is 6.13. The molecule has 0 bridgehead atoms. The number of aromatic nitrogens is 4. The summed E-state index contributed by atoms with van der Waals surface area (Å²) in [5.41, 5.74) is -0.773. The highest BCUT2D eigenvalue weighted by Crippen LogP contribution is 2.29. The van der Waals surface area contributed by atoms with Gasteiger partial charge in [-0.15, -0.1) is 10.2 Å². The van der Waals surface area contributed by atoms with Crippen molar-refractivity contribution in [3.8, 4) is 0 Å². The Hall–Kier alpha value is -2.35. The molecule has 0 aliphatic heterocycles. The highest BCUT2D eigenvalue weighted by atomic mass is 35.5. The van der Waals surface area contributed by atoms with Gasteiger partial charge in [-0.25, -0.2) is 9.48 Å². The first kappa shape index (κ1) is 14.6. The van der Waals surface area contributed by atoms with Gasteiger partial charge in [-0.3, -0.25) is 0 Å². The molecular weight excluding hydrogens is 321 g/mol. The van der Waals surface area contributed by atoms with Gasteiger partial charge in [0.15, 0.2) is 5.65 Å². The van der Waals surface area contributed by atoms with E-state index >= 15 is 0 Å². The largest absolute Gasteiger partial charge is 0.416 e. The molecule has 3 rings (SSSR count). The summed E-state index contributed by atoms with van der Waals surface area (Å²) in [6, 6.07) is 7.70. The van der Waals surface area contributed by atoms with Crippen LogP contribution in [-0.4, -0.2) is 19.4 Å². The maximum Gasteiger partial charge on any atom is 0.416 e. The van der Waals surface area contributed by atoms with Crippen LogP contribution in [0.4, 0.5) is 13.2 Å². The molecule has 0 amide bonds. The zero-order valence-electron chi connectivity index (χ0n) is 10.9. The van der Waals surface area contributed by atoms with Gasteiger partial charge in [0.25, 0.3) is 0 Å². The second kappa shape index (κ2) is 5.13. The minimum Gasteiger partial charge on any atom is -0.244 e. The van der Waals surface area contributed by atoms with E-state index in [1.54, 1.807) is 0 Å². The van der Waals surface area contributed by atoms with Gasteiger partial charge in [0, 0.05) is 0 Å². The lowest BCUT2D eigenvalue weighted by Crippen LogP contribution is -2.23. The van der Waals surface area contributed by atoms with Gasteiger partial charge in [0.1, 0.15) is 5.15 Å². The zero-order chi connectivity index (χ0) is 15.9. The van der Waals surface area contributed by atoms with E-state index in [4.69, 9.17) is 11.6 Å². The number of rotatable bonds is 2. The second-order valence-electron chi connectivity index (χ2n) is 4.56. The van der Waals surface area contributed by atoms with Crippen molar-refractivity contribution in [1.29, 1.82) is 0 Å². The van der Waals surface area contributed by atoms with E-state index in [-0.39, 0.29) is 17.3 Å². The molecule has 0 aliphatic rings. The summed E-state index contributed by atoms with van der Waals surface area (Å²) in [6.07, 6.45) is -4.44.